The molecule has 0 radical (unpaired) electrons. The first-order valence-corrected chi connectivity index (χ1v) is 23.5. The van der Waals surface area contributed by atoms with Gasteiger partial charge in [0.2, 0.25) is 0 Å². The van der Waals surface area contributed by atoms with Gasteiger partial charge < -0.3 is 18.6 Å². The van der Waals surface area contributed by atoms with Crippen LogP contribution in [0.2, 0.25) is 0 Å². The predicted octanol–water partition coefficient (Wildman–Crippen LogP) is 17.4. The van der Waals surface area contributed by atoms with Crippen LogP contribution in [0.5, 0.6) is 0 Å². The standard InChI is InChI=1S/C64H44N2O2/c1-63(2)53-27-11-13-29-55(53)64(56-30-14-12-28-54(56)63)51-37-35-43(65(41-19-5-3-6-20-41)57-31-17-25-47-45-23-9-15-33-59(45)67-61(47)57)39-49(51)50-40-44(36-38-52(50)64)66(42-21-7-4-8-22-42)58-32-18-26-48-46-24-10-16-34-60(46)68-62(48)58/h3-40H,1-2H3. The van der Waals surface area contributed by atoms with Crippen LogP contribution in [-0.2, 0) is 10.8 Å². The van der Waals surface area contributed by atoms with E-state index in [1.54, 1.807) is 0 Å². The Morgan fingerprint density at radius 3 is 1.15 bits per heavy atom. The summed E-state index contributed by atoms with van der Waals surface area (Å²) in [6.45, 7) is 4.76. The second kappa shape index (κ2) is 14.4. The SMILES string of the molecule is CC1(C)c2ccccc2C2(c3ccc(N(c4ccccc4)c4cccc5c4oc4ccccc45)cc3-c3cc(N(c4ccccc4)c4cccc5c4oc4ccccc45)ccc32)c2ccccc21. The van der Waals surface area contributed by atoms with Gasteiger partial charge in [0.15, 0.2) is 11.2 Å². The zero-order valence-corrected chi connectivity index (χ0v) is 37.7. The monoisotopic (exact) mass is 872 g/mol. The molecule has 4 heteroatoms. The van der Waals surface area contributed by atoms with Crippen molar-refractivity contribution in [1.82, 2.24) is 0 Å². The summed E-state index contributed by atoms with van der Waals surface area (Å²) in [6, 6.07) is 83.7. The van der Waals surface area contributed by atoms with Crippen molar-refractivity contribution >= 4 is 78.0 Å². The highest BCUT2D eigenvalue weighted by molar-refractivity contribution is 6.12. The lowest BCUT2D eigenvalue weighted by atomic mass is 9.55. The van der Waals surface area contributed by atoms with E-state index in [0.717, 1.165) is 78.0 Å². The largest absolute Gasteiger partial charge is 0.454 e. The van der Waals surface area contributed by atoms with Gasteiger partial charge in [-0.05, 0) is 117 Å². The molecule has 12 aromatic rings. The van der Waals surface area contributed by atoms with Crippen molar-refractivity contribution in [3.8, 4) is 11.1 Å². The number of hydrogen-bond donors (Lipinski definition) is 0. The lowest BCUT2D eigenvalue weighted by Crippen LogP contribution is -2.40. The molecule has 2 aliphatic rings. The van der Waals surface area contributed by atoms with E-state index in [9.17, 15) is 0 Å². The molecular weight excluding hydrogens is 829 g/mol. The summed E-state index contributed by atoms with van der Waals surface area (Å²) >= 11 is 0. The molecule has 14 rings (SSSR count). The highest BCUT2D eigenvalue weighted by atomic mass is 16.3. The normalized spacial score (nSPS) is 14.0. The van der Waals surface area contributed by atoms with Crippen molar-refractivity contribution in [3.05, 3.63) is 264 Å². The van der Waals surface area contributed by atoms with E-state index in [4.69, 9.17) is 8.83 Å². The van der Waals surface area contributed by atoms with E-state index >= 15 is 0 Å². The van der Waals surface area contributed by atoms with Gasteiger partial charge in [-0.1, -0.05) is 172 Å². The Bertz CT molecular complexity index is 3710. The van der Waals surface area contributed by atoms with Crippen LogP contribution in [0.1, 0.15) is 47.2 Å². The molecule has 2 aromatic heterocycles. The number of hydrogen-bond acceptors (Lipinski definition) is 4. The molecule has 0 N–H and O–H groups in total. The first-order chi connectivity index (χ1) is 33.5. The van der Waals surface area contributed by atoms with E-state index < -0.39 is 5.41 Å². The minimum absolute atomic E-state index is 0.216. The Balaban J connectivity index is 1.07. The first-order valence-electron chi connectivity index (χ1n) is 23.5. The fraction of sp³-hybridized carbons (Fsp3) is 0.0625. The summed E-state index contributed by atoms with van der Waals surface area (Å²) in [6.07, 6.45) is 0. The van der Waals surface area contributed by atoms with Gasteiger partial charge in [-0.2, -0.15) is 0 Å². The zero-order valence-electron chi connectivity index (χ0n) is 37.7. The maximum atomic E-state index is 6.77. The molecule has 10 aromatic carbocycles. The Kier molecular flexibility index (Phi) is 8.21. The van der Waals surface area contributed by atoms with Crippen LogP contribution in [-0.4, -0.2) is 0 Å². The molecular formula is C64H44N2O2. The number of furan rings is 2. The fourth-order valence-electron chi connectivity index (χ4n) is 12.0. The molecule has 68 heavy (non-hydrogen) atoms. The Morgan fingerprint density at radius 1 is 0.309 bits per heavy atom. The van der Waals surface area contributed by atoms with E-state index in [1.807, 2.05) is 12.1 Å². The number of anilines is 6. The molecule has 2 heterocycles. The highest BCUT2D eigenvalue weighted by Crippen LogP contribution is 2.63. The third-order valence-electron chi connectivity index (χ3n) is 14.9. The number of para-hydroxylation sites is 6. The summed E-state index contributed by atoms with van der Waals surface area (Å²) in [5, 5.41) is 4.39. The van der Waals surface area contributed by atoms with Crippen LogP contribution < -0.4 is 9.80 Å². The summed E-state index contributed by atoms with van der Waals surface area (Å²) in [5.74, 6) is 0. The second-order valence-electron chi connectivity index (χ2n) is 18.8. The van der Waals surface area contributed by atoms with Crippen LogP contribution in [0.4, 0.5) is 34.1 Å². The average molecular weight is 873 g/mol. The first kappa shape index (κ1) is 38.6. The number of nitrogens with zero attached hydrogens (tertiary/aromatic N) is 2. The smallest absolute Gasteiger partial charge is 0.159 e. The second-order valence-corrected chi connectivity index (χ2v) is 18.8. The predicted molar refractivity (Wildman–Crippen MR) is 280 cm³/mol. The maximum absolute atomic E-state index is 6.77. The van der Waals surface area contributed by atoms with Crippen LogP contribution in [0.25, 0.3) is 55.0 Å². The molecule has 0 atom stereocenters. The van der Waals surface area contributed by atoms with Gasteiger partial charge >= 0.3 is 0 Å². The molecule has 0 bridgehead atoms. The van der Waals surface area contributed by atoms with Crippen LogP contribution in [0, 0.1) is 0 Å². The topological polar surface area (TPSA) is 32.8 Å². The average Bonchev–Trinajstić information content (AvgIpc) is 4.06. The minimum Gasteiger partial charge on any atom is -0.454 e. The van der Waals surface area contributed by atoms with Gasteiger partial charge in [0.05, 0.1) is 16.8 Å². The van der Waals surface area contributed by atoms with E-state index in [1.165, 1.54) is 44.5 Å². The van der Waals surface area contributed by atoms with Crippen molar-refractivity contribution in [3.63, 3.8) is 0 Å². The lowest BCUT2D eigenvalue weighted by molar-refractivity contribution is 0.563. The Hall–Kier alpha value is -8.60. The van der Waals surface area contributed by atoms with Crippen LogP contribution in [0.15, 0.2) is 239 Å². The van der Waals surface area contributed by atoms with Crippen molar-refractivity contribution < 1.29 is 8.83 Å². The molecule has 1 spiro atoms. The number of benzene rings is 10. The van der Waals surface area contributed by atoms with Gasteiger partial charge in [0, 0.05) is 49.7 Å². The summed E-state index contributed by atoms with van der Waals surface area (Å²) in [4.78, 5) is 4.73. The van der Waals surface area contributed by atoms with Gasteiger partial charge in [-0.15, -0.1) is 0 Å². The van der Waals surface area contributed by atoms with Gasteiger partial charge in [-0.25, -0.2) is 0 Å². The van der Waals surface area contributed by atoms with Gasteiger partial charge in [0.25, 0.3) is 0 Å². The van der Waals surface area contributed by atoms with Gasteiger partial charge in [-0.3, -0.25) is 0 Å². The number of rotatable bonds is 6. The fourth-order valence-corrected chi connectivity index (χ4v) is 12.0. The molecule has 0 unspecified atom stereocenters. The third-order valence-corrected chi connectivity index (χ3v) is 14.9. The van der Waals surface area contributed by atoms with Crippen LogP contribution in [0.3, 0.4) is 0 Å². The summed E-state index contributed by atoms with van der Waals surface area (Å²) < 4.78 is 13.5. The lowest BCUT2D eigenvalue weighted by Gasteiger charge is -2.46. The summed E-state index contributed by atoms with van der Waals surface area (Å²) in [7, 11) is 0. The number of fused-ring (bicyclic) bond motifs is 15. The Labute approximate surface area is 394 Å². The zero-order chi connectivity index (χ0) is 45.1. The van der Waals surface area contributed by atoms with Crippen molar-refractivity contribution in [2.75, 3.05) is 9.80 Å². The quantitative estimate of drug-likeness (QED) is 0.167. The molecule has 2 aliphatic carbocycles. The molecule has 4 nitrogen and oxygen atoms in total. The highest BCUT2D eigenvalue weighted by Gasteiger charge is 2.53. The molecule has 0 saturated heterocycles. The van der Waals surface area contributed by atoms with Crippen molar-refractivity contribution in [2.24, 2.45) is 0 Å². The molecule has 0 fully saturated rings. The van der Waals surface area contributed by atoms with E-state index in [-0.39, 0.29) is 5.41 Å². The molecule has 322 valence electrons. The van der Waals surface area contributed by atoms with E-state index in [2.05, 4.69) is 242 Å². The minimum atomic E-state index is -0.586. The van der Waals surface area contributed by atoms with Crippen molar-refractivity contribution in [2.45, 2.75) is 24.7 Å². The third kappa shape index (κ3) is 5.31. The maximum Gasteiger partial charge on any atom is 0.159 e. The Morgan fingerprint density at radius 2 is 0.691 bits per heavy atom. The molecule has 0 amide bonds. The van der Waals surface area contributed by atoms with E-state index in [0.29, 0.717) is 0 Å². The van der Waals surface area contributed by atoms with Crippen molar-refractivity contribution in [1.29, 1.82) is 0 Å². The molecule has 0 aliphatic heterocycles. The van der Waals surface area contributed by atoms with Gasteiger partial charge in [0.1, 0.15) is 11.2 Å². The summed E-state index contributed by atoms with van der Waals surface area (Å²) in [5.41, 5.74) is 19.0. The molecule has 0 saturated carbocycles. The van der Waals surface area contributed by atoms with Crippen LogP contribution >= 0.6 is 0 Å².